The van der Waals surface area contributed by atoms with E-state index in [0.29, 0.717) is 29.6 Å². The molecule has 37 heavy (non-hydrogen) atoms. The van der Waals surface area contributed by atoms with Crippen LogP contribution < -0.4 is 4.90 Å². The molecule has 0 spiro atoms. The maximum absolute atomic E-state index is 12.0. The standard InChI is InChI=1S/C28H23ClN6O2/c1-18(36)21-5-2-6-23-22(21)9-7-20(31-23)8-10-24-27(19-4-3-11-30-17-19)35-28(32-24)25(16-26(29)33-35)34-12-14-37-15-13-34/h2-11,16-17H,12-15H2,1H3/b10-8+. The predicted molar refractivity (Wildman–Crippen MR) is 145 cm³/mol. The second-order valence-corrected chi connectivity index (χ2v) is 9.16. The molecule has 0 N–H and O–H groups in total. The van der Waals surface area contributed by atoms with Crippen LogP contribution in [0.1, 0.15) is 28.7 Å². The Morgan fingerprint density at radius 3 is 2.70 bits per heavy atom. The number of anilines is 1. The summed E-state index contributed by atoms with van der Waals surface area (Å²) < 4.78 is 7.33. The van der Waals surface area contributed by atoms with E-state index in [2.05, 4.69) is 15.0 Å². The smallest absolute Gasteiger partial charge is 0.178 e. The van der Waals surface area contributed by atoms with Crippen LogP contribution in [0.2, 0.25) is 5.15 Å². The Bertz CT molecular complexity index is 1660. The molecule has 184 valence electrons. The summed E-state index contributed by atoms with van der Waals surface area (Å²) >= 11 is 6.49. The summed E-state index contributed by atoms with van der Waals surface area (Å²) in [5.74, 6) is 0.0173. The molecule has 0 unspecified atom stereocenters. The number of Topliss-reactive ketones (excluding diaryl/α,β-unsaturated/α-hetero) is 1. The molecule has 8 nitrogen and oxygen atoms in total. The average Bonchev–Trinajstić information content (AvgIpc) is 3.29. The van der Waals surface area contributed by atoms with Crippen LogP contribution in [-0.2, 0) is 4.74 Å². The molecule has 5 heterocycles. The lowest BCUT2D eigenvalue weighted by Gasteiger charge is -2.28. The van der Waals surface area contributed by atoms with Crippen LogP contribution in [0, 0.1) is 0 Å². The van der Waals surface area contributed by atoms with Crippen LogP contribution in [0.25, 0.3) is 40.0 Å². The molecular formula is C28H23ClN6O2. The number of halogens is 1. The fourth-order valence-electron chi connectivity index (χ4n) is 4.65. The first kappa shape index (κ1) is 23.3. The second-order valence-electron chi connectivity index (χ2n) is 8.77. The maximum Gasteiger partial charge on any atom is 0.178 e. The van der Waals surface area contributed by atoms with Crippen LogP contribution in [0.3, 0.4) is 0 Å². The van der Waals surface area contributed by atoms with Gasteiger partial charge in [0.15, 0.2) is 16.6 Å². The Balaban J connectivity index is 1.49. The van der Waals surface area contributed by atoms with E-state index in [0.717, 1.165) is 52.3 Å². The van der Waals surface area contributed by atoms with Gasteiger partial charge >= 0.3 is 0 Å². The number of morpholine rings is 1. The normalized spacial score (nSPS) is 14.2. The molecule has 0 amide bonds. The number of carbonyl (C=O) groups is 1. The highest BCUT2D eigenvalue weighted by Crippen LogP contribution is 2.32. The van der Waals surface area contributed by atoms with Crippen molar-refractivity contribution >= 4 is 51.8 Å². The minimum Gasteiger partial charge on any atom is -0.378 e. The third-order valence-corrected chi connectivity index (χ3v) is 6.58. The number of imidazole rings is 1. The molecule has 4 aromatic heterocycles. The van der Waals surface area contributed by atoms with Gasteiger partial charge in [0.2, 0.25) is 0 Å². The maximum atomic E-state index is 12.0. The van der Waals surface area contributed by atoms with E-state index in [9.17, 15) is 4.79 Å². The predicted octanol–water partition coefficient (Wildman–Crippen LogP) is 5.20. The molecule has 0 saturated carbocycles. The number of hydrogen-bond acceptors (Lipinski definition) is 7. The number of aromatic nitrogens is 5. The van der Waals surface area contributed by atoms with Crippen molar-refractivity contribution < 1.29 is 9.53 Å². The Hall–Kier alpha value is -4.14. The van der Waals surface area contributed by atoms with Crippen LogP contribution in [-0.4, -0.2) is 56.7 Å². The lowest BCUT2D eigenvalue weighted by Crippen LogP contribution is -2.36. The molecule has 1 fully saturated rings. The third-order valence-electron chi connectivity index (χ3n) is 6.39. The molecule has 0 bridgehead atoms. The molecule has 0 radical (unpaired) electrons. The molecule has 1 aliphatic heterocycles. The van der Waals surface area contributed by atoms with E-state index in [1.165, 1.54) is 0 Å². The Kier molecular flexibility index (Phi) is 6.12. The molecule has 1 saturated heterocycles. The Morgan fingerprint density at radius 2 is 1.92 bits per heavy atom. The highest BCUT2D eigenvalue weighted by atomic mass is 35.5. The number of pyridine rings is 2. The summed E-state index contributed by atoms with van der Waals surface area (Å²) in [4.78, 5) is 28.3. The van der Waals surface area contributed by atoms with Gasteiger partial charge in [-0.2, -0.15) is 5.10 Å². The van der Waals surface area contributed by atoms with E-state index in [1.54, 1.807) is 23.8 Å². The lowest BCUT2D eigenvalue weighted by atomic mass is 10.0. The summed E-state index contributed by atoms with van der Waals surface area (Å²) in [6, 6.07) is 15.1. The SMILES string of the molecule is CC(=O)c1cccc2nc(/C=C/c3nc4c(N5CCOCC5)cc(Cl)nn4c3-c3cccnc3)ccc12. The van der Waals surface area contributed by atoms with Gasteiger partial charge in [-0.1, -0.05) is 23.7 Å². The van der Waals surface area contributed by atoms with Crippen LogP contribution >= 0.6 is 11.6 Å². The first-order chi connectivity index (χ1) is 18.1. The number of rotatable bonds is 5. The lowest BCUT2D eigenvalue weighted by molar-refractivity contribution is 0.101. The molecule has 9 heteroatoms. The first-order valence-corrected chi connectivity index (χ1v) is 12.4. The van der Waals surface area contributed by atoms with Gasteiger partial charge in [0, 0.05) is 48.1 Å². The molecule has 0 atom stereocenters. The van der Waals surface area contributed by atoms with Crippen molar-refractivity contribution in [2.75, 3.05) is 31.2 Å². The van der Waals surface area contributed by atoms with Gasteiger partial charge in [-0.05, 0) is 49.4 Å². The van der Waals surface area contributed by atoms with E-state index in [4.69, 9.17) is 26.3 Å². The van der Waals surface area contributed by atoms with Crippen LogP contribution in [0.15, 0.2) is 60.9 Å². The molecule has 1 aromatic carbocycles. The third kappa shape index (κ3) is 4.45. The van der Waals surface area contributed by atoms with Gasteiger partial charge < -0.3 is 9.64 Å². The number of ether oxygens (including phenoxy) is 1. The number of fused-ring (bicyclic) bond motifs is 2. The highest BCUT2D eigenvalue weighted by molar-refractivity contribution is 6.29. The van der Waals surface area contributed by atoms with E-state index in [-0.39, 0.29) is 5.78 Å². The number of nitrogens with zero attached hydrogens (tertiary/aromatic N) is 6. The Morgan fingerprint density at radius 1 is 1.05 bits per heavy atom. The Labute approximate surface area is 218 Å². The number of hydrogen-bond donors (Lipinski definition) is 0. The van der Waals surface area contributed by atoms with Crippen LogP contribution in [0.4, 0.5) is 5.69 Å². The fraction of sp³-hybridized carbons (Fsp3) is 0.179. The minimum atomic E-state index is 0.0173. The summed E-state index contributed by atoms with van der Waals surface area (Å²) in [5.41, 5.74) is 6.18. The van der Waals surface area contributed by atoms with Gasteiger partial charge in [0.1, 0.15) is 5.69 Å². The summed E-state index contributed by atoms with van der Waals surface area (Å²) in [5, 5.41) is 5.82. The zero-order chi connectivity index (χ0) is 25.4. The molecule has 6 rings (SSSR count). The zero-order valence-corrected chi connectivity index (χ0v) is 20.9. The van der Waals surface area contributed by atoms with Crippen molar-refractivity contribution in [1.82, 2.24) is 24.6 Å². The van der Waals surface area contributed by atoms with E-state index < -0.39 is 0 Å². The quantitative estimate of drug-likeness (QED) is 0.300. The van der Waals surface area contributed by atoms with Gasteiger partial charge in [0.25, 0.3) is 0 Å². The summed E-state index contributed by atoms with van der Waals surface area (Å²) in [7, 11) is 0. The number of ketones is 1. The van der Waals surface area contributed by atoms with Crippen LogP contribution in [0.5, 0.6) is 0 Å². The average molecular weight is 511 g/mol. The van der Waals surface area contributed by atoms with Gasteiger partial charge in [0.05, 0.1) is 35.8 Å². The van der Waals surface area contributed by atoms with Gasteiger partial charge in [-0.25, -0.2) is 14.5 Å². The highest BCUT2D eigenvalue weighted by Gasteiger charge is 2.22. The summed E-state index contributed by atoms with van der Waals surface area (Å²) in [6.07, 6.45) is 7.36. The zero-order valence-electron chi connectivity index (χ0n) is 20.1. The molecule has 0 aliphatic carbocycles. The van der Waals surface area contributed by atoms with Crippen molar-refractivity contribution in [3.05, 3.63) is 83.0 Å². The van der Waals surface area contributed by atoms with E-state index in [1.807, 2.05) is 60.7 Å². The topological polar surface area (TPSA) is 85.5 Å². The largest absolute Gasteiger partial charge is 0.378 e. The van der Waals surface area contributed by atoms with Crippen molar-refractivity contribution in [3.8, 4) is 11.3 Å². The fourth-order valence-corrected chi connectivity index (χ4v) is 4.83. The summed E-state index contributed by atoms with van der Waals surface area (Å²) in [6.45, 7) is 4.36. The molecule has 5 aromatic rings. The monoisotopic (exact) mass is 510 g/mol. The van der Waals surface area contributed by atoms with Crippen molar-refractivity contribution in [2.45, 2.75) is 6.92 Å². The molecular weight excluding hydrogens is 488 g/mol. The van der Waals surface area contributed by atoms with Crippen molar-refractivity contribution in [2.24, 2.45) is 0 Å². The van der Waals surface area contributed by atoms with Gasteiger partial charge in [-0.15, -0.1) is 0 Å². The van der Waals surface area contributed by atoms with Crippen molar-refractivity contribution in [3.63, 3.8) is 0 Å². The number of benzene rings is 1. The second kappa shape index (κ2) is 9.72. The minimum absolute atomic E-state index is 0.0173. The molecule has 1 aliphatic rings. The van der Waals surface area contributed by atoms with E-state index >= 15 is 0 Å². The number of carbonyl (C=O) groups excluding carboxylic acids is 1. The van der Waals surface area contributed by atoms with Crippen molar-refractivity contribution in [1.29, 1.82) is 0 Å². The first-order valence-electron chi connectivity index (χ1n) is 12.0. The van der Waals surface area contributed by atoms with Gasteiger partial charge in [-0.3, -0.25) is 9.78 Å².